The van der Waals surface area contributed by atoms with Gasteiger partial charge in [-0.2, -0.15) is 5.10 Å². The molecule has 6 nitrogen and oxygen atoms in total. The lowest BCUT2D eigenvalue weighted by Gasteiger charge is -2.05. The Morgan fingerprint density at radius 3 is 2.59 bits per heavy atom. The summed E-state index contributed by atoms with van der Waals surface area (Å²) in [4.78, 5) is 3.17. The first kappa shape index (κ1) is 11.4. The highest BCUT2D eigenvalue weighted by molar-refractivity contribution is 7.92. The first-order chi connectivity index (χ1) is 8.09. The van der Waals surface area contributed by atoms with Crippen LogP contribution in [0.4, 0.5) is 10.3 Å². The molecule has 0 aliphatic heterocycles. The van der Waals surface area contributed by atoms with Gasteiger partial charge in [-0.25, -0.2) is 22.5 Å². The van der Waals surface area contributed by atoms with Gasteiger partial charge in [0.25, 0.3) is 16.0 Å². The zero-order valence-corrected chi connectivity index (χ0v) is 9.22. The molecule has 0 radical (unpaired) electrons. The van der Waals surface area contributed by atoms with Crippen LogP contribution < -0.4 is 4.72 Å². The number of hydrogen-bond acceptors (Lipinski definition) is 5. The Balaban J connectivity index is 2.36. The largest absolute Gasteiger partial charge is 0.267 e. The van der Waals surface area contributed by atoms with Crippen LogP contribution in [0, 0.1) is 5.82 Å². The molecule has 1 heterocycles. The van der Waals surface area contributed by atoms with Gasteiger partial charge in [0.1, 0.15) is 10.7 Å². The van der Waals surface area contributed by atoms with Crippen molar-refractivity contribution in [2.24, 2.45) is 0 Å². The van der Waals surface area contributed by atoms with Crippen molar-refractivity contribution in [2.45, 2.75) is 4.90 Å². The zero-order chi connectivity index (χ0) is 12.3. The maximum atomic E-state index is 13.3. The molecule has 0 spiro atoms. The lowest BCUT2D eigenvalue weighted by atomic mass is 10.4. The van der Waals surface area contributed by atoms with Crippen LogP contribution in [-0.4, -0.2) is 23.6 Å². The van der Waals surface area contributed by atoms with Crippen molar-refractivity contribution < 1.29 is 12.8 Å². The molecular formula is C9H7FN4O2S. The molecule has 2 rings (SSSR count). The van der Waals surface area contributed by atoms with Crippen molar-refractivity contribution in [2.75, 3.05) is 4.72 Å². The summed E-state index contributed by atoms with van der Waals surface area (Å²) in [6, 6.07) is 5.02. The maximum absolute atomic E-state index is 13.3. The van der Waals surface area contributed by atoms with E-state index in [1.165, 1.54) is 24.5 Å². The average Bonchev–Trinajstić information content (AvgIpc) is 2.30. The van der Waals surface area contributed by atoms with Crippen LogP contribution in [0.25, 0.3) is 0 Å². The summed E-state index contributed by atoms with van der Waals surface area (Å²) in [5.41, 5.74) is 0. The van der Waals surface area contributed by atoms with Crippen molar-refractivity contribution in [3.05, 3.63) is 42.5 Å². The Labute approximate surface area is 96.6 Å². The number of aromatic nitrogens is 3. The fourth-order valence-corrected chi connectivity index (χ4v) is 2.16. The van der Waals surface area contributed by atoms with Gasteiger partial charge in [0, 0.05) is 0 Å². The summed E-state index contributed by atoms with van der Waals surface area (Å²) >= 11 is 0. The maximum Gasteiger partial charge on any atom is 0.267 e. The molecule has 0 unspecified atom stereocenters. The Hall–Kier alpha value is -2.09. The van der Waals surface area contributed by atoms with Gasteiger partial charge in [-0.15, -0.1) is 5.10 Å². The highest BCUT2D eigenvalue weighted by atomic mass is 32.2. The van der Waals surface area contributed by atoms with Crippen molar-refractivity contribution >= 4 is 16.0 Å². The van der Waals surface area contributed by atoms with Crippen molar-refractivity contribution in [3.8, 4) is 0 Å². The van der Waals surface area contributed by atoms with Gasteiger partial charge in [-0.1, -0.05) is 12.1 Å². The number of nitrogens with one attached hydrogen (secondary N) is 1. The fraction of sp³-hybridized carbons (Fsp3) is 0. The Morgan fingerprint density at radius 2 is 1.94 bits per heavy atom. The monoisotopic (exact) mass is 254 g/mol. The molecule has 8 heteroatoms. The van der Waals surface area contributed by atoms with Crippen LogP contribution in [0.1, 0.15) is 0 Å². The van der Waals surface area contributed by atoms with Crippen LogP contribution in [-0.2, 0) is 10.0 Å². The molecule has 2 aromatic rings. The SMILES string of the molecule is O=S(=O)(Nc1nccnn1)c1ccccc1F. The standard InChI is InChI=1S/C9H7FN4O2S/c10-7-3-1-2-4-8(7)17(15,16)14-9-11-5-6-12-13-9/h1-6H,(H,11,13,14). The molecule has 0 saturated heterocycles. The number of nitrogens with zero attached hydrogens (tertiary/aromatic N) is 3. The van der Waals surface area contributed by atoms with E-state index in [9.17, 15) is 12.8 Å². The minimum absolute atomic E-state index is 0.212. The third-order valence-corrected chi connectivity index (χ3v) is 3.20. The van der Waals surface area contributed by atoms with Gasteiger partial charge < -0.3 is 0 Å². The van der Waals surface area contributed by atoms with Crippen LogP contribution in [0.2, 0.25) is 0 Å². The second kappa shape index (κ2) is 4.42. The summed E-state index contributed by atoms with van der Waals surface area (Å²) in [7, 11) is -4.03. The van der Waals surface area contributed by atoms with Crippen LogP contribution in [0.3, 0.4) is 0 Å². The normalized spacial score (nSPS) is 11.1. The molecule has 1 N–H and O–H groups in total. The van der Waals surface area contributed by atoms with E-state index >= 15 is 0 Å². The number of anilines is 1. The molecular weight excluding hydrogens is 247 g/mol. The molecule has 0 aliphatic carbocycles. The Bertz CT molecular complexity index is 618. The lowest BCUT2D eigenvalue weighted by molar-refractivity contribution is 0.570. The van der Waals surface area contributed by atoms with E-state index in [4.69, 9.17) is 0 Å². The molecule has 1 aromatic heterocycles. The fourth-order valence-electron chi connectivity index (χ4n) is 1.13. The molecule has 0 amide bonds. The quantitative estimate of drug-likeness (QED) is 0.876. The van der Waals surface area contributed by atoms with Crippen molar-refractivity contribution in [1.82, 2.24) is 15.2 Å². The smallest absolute Gasteiger partial charge is 0.246 e. The molecule has 17 heavy (non-hydrogen) atoms. The van der Waals surface area contributed by atoms with Crippen molar-refractivity contribution in [1.29, 1.82) is 0 Å². The second-order valence-electron chi connectivity index (χ2n) is 3.00. The van der Waals surface area contributed by atoms with E-state index in [2.05, 4.69) is 15.2 Å². The van der Waals surface area contributed by atoms with Crippen LogP contribution in [0.5, 0.6) is 0 Å². The third-order valence-electron chi connectivity index (χ3n) is 1.83. The van der Waals surface area contributed by atoms with E-state index in [1.807, 2.05) is 4.72 Å². The minimum Gasteiger partial charge on any atom is -0.246 e. The van der Waals surface area contributed by atoms with Crippen LogP contribution >= 0.6 is 0 Å². The third kappa shape index (κ3) is 2.53. The number of rotatable bonds is 3. The first-order valence-electron chi connectivity index (χ1n) is 4.50. The predicted octanol–water partition coefficient (Wildman–Crippen LogP) is 0.811. The molecule has 0 bridgehead atoms. The lowest BCUT2D eigenvalue weighted by Crippen LogP contribution is -2.16. The topological polar surface area (TPSA) is 84.8 Å². The van der Waals surface area contributed by atoms with E-state index in [0.29, 0.717) is 0 Å². The van der Waals surface area contributed by atoms with Crippen molar-refractivity contribution in [3.63, 3.8) is 0 Å². The van der Waals surface area contributed by atoms with Gasteiger partial charge >= 0.3 is 0 Å². The summed E-state index contributed by atoms with van der Waals surface area (Å²) < 4.78 is 38.9. The minimum atomic E-state index is -4.03. The van der Waals surface area contributed by atoms with E-state index in [1.54, 1.807) is 0 Å². The summed E-state index contributed by atoms with van der Waals surface area (Å²) in [6.07, 6.45) is 2.56. The number of sulfonamides is 1. The average molecular weight is 254 g/mol. The first-order valence-corrected chi connectivity index (χ1v) is 5.99. The predicted molar refractivity (Wildman–Crippen MR) is 57.0 cm³/mol. The Kier molecular flexibility index (Phi) is 2.96. The zero-order valence-electron chi connectivity index (χ0n) is 8.41. The number of benzene rings is 1. The van der Waals surface area contributed by atoms with Gasteiger partial charge in [0.2, 0.25) is 0 Å². The molecule has 1 aromatic carbocycles. The van der Waals surface area contributed by atoms with E-state index in [0.717, 1.165) is 12.1 Å². The summed E-state index contributed by atoms with van der Waals surface area (Å²) in [5.74, 6) is -1.06. The van der Waals surface area contributed by atoms with Gasteiger partial charge in [-0.05, 0) is 12.1 Å². The second-order valence-corrected chi connectivity index (χ2v) is 4.65. The molecule has 0 atom stereocenters. The highest BCUT2D eigenvalue weighted by Gasteiger charge is 2.19. The molecule has 0 aliphatic rings. The van der Waals surface area contributed by atoms with Gasteiger partial charge in [-0.3, -0.25) is 0 Å². The van der Waals surface area contributed by atoms with Gasteiger partial charge in [0.15, 0.2) is 0 Å². The van der Waals surface area contributed by atoms with E-state index < -0.39 is 20.7 Å². The molecule has 0 fully saturated rings. The van der Waals surface area contributed by atoms with Crippen LogP contribution in [0.15, 0.2) is 41.6 Å². The highest BCUT2D eigenvalue weighted by Crippen LogP contribution is 2.15. The Morgan fingerprint density at radius 1 is 1.18 bits per heavy atom. The summed E-state index contributed by atoms with van der Waals surface area (Å²) in [6.45, 7) is 0. The number of halogens is 1. The molecule has 0 saturated carbocycles. The van der Waals surface area contributed by atoms with E-state index in [-0.39, 0.29) is 5.95 Å². The summed E-state index contributed by atoms with van der Waals surface area (Å²) in [5, 5.41) is 6.90. The number of hydrogen-bond donors (Lipinski definition) is 1. The van der Waals surface area contributed by atoms with Gasteiger partial charge in [0.05, 0.1) is 12.4 Å². The molecule has 88 valence electrons.